The van der Waals surface area contributed by atoms with Crippen LogP contribution in [0.4, 0.5) is 4.39 Å². The zero-order chi connectivity index (χ0) is 16.8. The van der Waals surface area contributed by atoms with Gasteiger partial charge < -0.3 is 4.42 Å². The summed E-state index contributed by atoms with van der Waals surface area (Å²) in [5, 5.41) is 0.172. The number of benzene rings is 2. The summed E-state index contributed by atoms with van der Waals surface area (Å²) in [7, 11) is -3.30. The van der Waals surface area contributed by atoms with Gasteiger partial charge in [0.25, 0.3) is 0 Å². The minimum absolute atomic E-state index is 0.172. The highest BCUT2D eigenvalue weighted by molar-refractivity contribution is 14.1. The van der Waals surface area contributed by atoms with Gasteiger partial charge in [0.05, 0.1) is 10.3 Å². The summed E-state index contributed by atoms with van der Waals surface area (Å²) in [4.78, 5) is 12.6. The minimum Gasteiger partial charge on any atom is -0.455 e. The van der Waals surface area contributed by atoms with Crippen molar-refractivity contribution >= 4 is 43.4 Å². The molecule has 0 spiro atoms. The fourth-order valence-corrected chi connectivity index (χ4v) is 3.53. The average molecular weight is 444 g/mol. The van der Waals surface area contributed by atoms with Gasteiger partial charge in [0.1, 0.15) is 15.0 Å². The molecule has 7 heteroatoms. The molecule has 0 saturated carbocycles. The largest absolute Gasteiger partial charge is 0.455 e. The van der Waals surface area contributed by atoms with E-state index >= 15 is 0 Å². The van der Waals surface area contributed by atoms with Gasteiger partial charge in [-0.25, -0.2) is 12.8 Å². The van der Waals surface area contributed by atoms with Crippen LogP contribution in [-0.4, -0.2) is 14.7 Å². The number of halogens is 2. The summed E-state index contributed by atoms with van der Waals surface area (Å²) in [6, 6.07) is 9.81. The number of rotatable bonds is 2. The van der Waals surface area contributed by atoms with Gasteiger partial charge in [0.15, 0.2) is 15.6 Å². The SMILES string of the molecule is CS(=O)(=O)c1ccc(-c2oc3ccc(F)cc3c(=O)c2I)cc1. The first-order chi connectivity index (χ1) is 10.8. The van der Waals surface area contributed by atoms with Crippen LogP contribution in [0.3, 0.4) is 0 Å². The van der Waals surface area contributed by atoms with E-state index in [1.165, 1.54) is 24.3 Å². The Bertz CT molecular complexity index is 1070. The van der Waals surface area contributed by atoms with Crippen LogP contribution in [0.15, 0.2) is 56.6 Å². The van der Waals surface area contributed by atoms with Crippen molar-refractivity contribution in [3.63, 3.8) is 0 Å². The van der Waals surface area contributed by atoms with Gasteiger partial charge >= 0.3 is 0 Å². The van der Waals surface area contributed by atoms with Crippen LogP contribution >= 0.6 is 22.6 Å². The normalized spacial score (nSPS) is 11.8. The fourth-order valence-electron chi connectivity index (χ4n) is 2.18. The van der Waals surface area contributed by atoms with Gasteiger partial charge in [-0.05, 0) is 65.1 Å². The van der Waals surface area contributed by atoms with Crippen LogP contribution in [0.5, 0.6) is 0 Å². The first kappa shape index (κ1) is 16.1. The average Bonchev–Trinajstić information content (AvgIpc) is 2.51. The van der Waals surface area contributed by atoms with Gasteiger partial charge in [0.2, 0.25) is 5.43 Å². The Morgan fingerprint density at radius 2 is 1.74 bits per heavy atom. The maximum absolute atomic E-state index is 13.3. The predicted octanol–water partition coefficient (Wildman–Crippen LogP) is 3.61. The number of hydrogen-bond acceptors (Lipinski definition) is 4. The molecule has 118 valence electrons. The van der Waals surface area contributed by atoms with Gasteiger partial charge in [0, 0.05) is 11.8 Å². The molecule has 0 N–H and O–H groups in total. The van der Waals surface area contributed by atoms with Gasteiger partial charge in [-0.2, -0.15) is 0 Å². The standard InChI is InChI=1S/C16H10FIO4S/c1-23(20,21)11-5-2-9(3-6-11)16-14(18)15(19)12-8-10(17)4-7-13(12)22-16/h2-8H,1H3. The van der Waals surface area contributed by atoms with Crippen LogP contribution in [0, 0.1) is 9.39 Å². The Balaban J connectivity index is 2.22. The predicted molar refractivity (Wildman–Crippen MR) is 93.7 cm³/mol. The van der Waals surface area contributed by atoms with Crippen LogP contribution < -0.4 is 5.43 Å². The molecular weight excluding hydrogens is 434 g/mol. The molecule has 0 amide bonds. The summed E-state index contributed by atoms with van der Waals surface area (Å²) in [6.45, 7) is 0. The molecule has 3 aromatic rings. The van der Waals surface area contributed by atoms with Crippen molar-refractivity contribution in [1.82, 2.24) is 0 Å². The van der Waals surface area contributed by atoms with Crippen molar-refractivity contribution in [2.45, 2.75) is 4.90 Å². The zero-order valence-corrected chi connectivity index (χ0v) is 14.8. The highest BCUT2D eigenvalue weighted by Crippen LogP contribution is 2.28. The second-order valence-electron chi connectivity index (χ2n) is 5.01. The topological polar surface area (TPSA) is 64.3 Å². The lowest BCUT2D eigenvalue weighted by Gasteiger charge is -2.07. The molecule has 2 aromatic carbocycles. The maximum Gasteiger partial charge on any atom is 0.206 e. The molecule has 0 saturated heterocycles. The molecule has 4 nitrogen and oxygen atoms in total. The van der Waals surface area contributed by atoms with Crippen molar-refractivity contribution in [3.05, 3.63) is 62.1 Å². The van der Waals surface area contributed by atoms with Crippen LogP contribution in [0.1, 0.15) is 0 Å². The molecule has 0 aliphatic heterocycles. The minimum atomic E-state index is -3.30. The van der Waals surface area contributed by atoms with Gasteiger partial charge in [-0.3, -0.25) is 4.79 Å². The summed E-state index contributed by atoms with van der Waals surface area (Å²) in [6.07, 6.45) is 1.12. The van der Waals surface area contributed by atoms with E-state index in [1.54, 1.807) is 12.1 Å². The van der Waals surface area contributed by atoms with E-state index in [2.05, 4.69) is 0 Å². The molecule has 23 heavy (non-hydrogen) atoms. The first-order valence-corrected chi connectivity index (χ1v) is 9.47. The van der Waals surface area contributed by atoms with Gasteiger partial charge in [-0.1, -0.05) is 0 Å². The molecule has 0 bridgehead atoms. The third-order valence-corrected chi connectivity index (χ3v) is 5.45. The Labute approximate surface area is 145 Å². The molecule has 0 fully saturated rings. The molecule has 1 aromatic heterocycles. The summed E-state index contributed by atoms with van der Waals surface area (Å²) < 4.78 is 42.3. The molecule has 0 radical (unpaired) electrons. The van der Waals surface area contributed by atoms with Gasteiger partial charge in [-0.15, -0.1) is 0 Å². The second kappa shape index (κ2) is 5.72. The van der Waals surface area contributed by atoms with Crippen molar-refractivity contribution in [2.75, 3.05) is 6.26 Å². The molecule has 0 aliphatic carbocycles. The molecule has 0 unspecified atom stereocenters. The van der Waals surface area contributed by atoms with Crippen LogP contribution in [0.25, 0.3) is 22.3 Å². The van der Waals surface area contributed by atoms with E-state index < -0.39 is 15.7 Å². The Morgan fingerprint density at radius 3 is 2.35 bits per heavy atom. The summed E-state index contributed by atoms with van der Waals surface area (Å²) >= 11 is 1.85. The fraction of sp³-hybridized carbons (Fsp3) is 0.0625. The Hall–Kier alpha value is -1.74. The van der Waals surface area contributed by atoms with E-state index in [0.717, 1.165) is 12.3 Å². The molecular formula is C16H10FIO4S. The summed E-state index contributed by atoms with van der Waals surface area (Å²) in [5.41, 5.74) is 0.526. The monoisotopic (exact) mass is 444 g/mol. The zero-order valence-electron chi connectivity index (χ0n) is 11.8. The lowest BCUT2D eigenvalue weighted by molar-refractivity contribution is 0.601. The van der Waals surface area contributed by atoms with E-state index in [9.17, 15) is 17.6 Å². The quantitative estimate of drug-likeness (QED) is 0.567. The third-order valence-electron chi connectivity index (χ3n) is 3.34. The van der Waals surface area contributed by atoms with E-state index in [0.29, 0.717) is 14.9 Å². The Morgan fingerprint density at radius 1 is 1.09 bits per heavy atom. The highest BCUT2D eigenvalue weighted by atomic mass is 127. The molecule has 3 rings (SSSR count). The number of sulfone groups is 1. The lowest BCUT2D eigenvalue weighted by atomic mass is 10.1. The van der Waals surface area contributed by atoms with E-state index in [4.69, 9.17) is 4.42 Å². The molecule has 1 heterocycles. The first-order valence-electron chi connectivity index (χ1n) is 6.50. The summed E-state index contributed by atoms with van der Waals surface area (Å²) in [5.74, 6) is -0.180. The second-order valence-corrected chi connectivity index (χ2v) is 8.11. The van der Waals surface area contributed by atoms with Crippen molar-refractivity contribution in [3.8, 4) is 11.3 Å². The smallest absolute Gasteiger partial charge is 0.206 e. The lowest BCUT2D eigenvalue weighted by Crippen LogP contribution is -2.07. The number of fused-ring (bicyclic) bond motifs is 1. The Kier molecular flexibility index (Phi) is 4.01. The van der Waals surface area contributed by atoms with E-state index in [1.807, 2.05) is 22.6 Å². The van der Waals surface area contributed by atoms with Crippen molar-refractivity contribution in [2.24, 2.45) is 0 Å². The van der Waals surface area contributed by atoms with E-state index in [-0.39, 0.29) is 21.3 Å². The molecule has 0 atom stereocenters. The van der Waals surface area contributed by atoms with Crippen LogP contribution in [-0.2, 0) is 9.84 Å². The number of hydrogen-bond donors (Lipinski definition) is 0. The van der Waals surface area contributed by atoms with Crippen molar-refractivity contribution < 1.29 is 17.2 Å². The maximum atomic E-state index is 13.3. The highest BCUT2D eigenvalue weighted by Gasteiger charge is 2.15. The van der Waals surface area contributed by atoms with Crippen molar-refractivity contribution in [1.29, 1.82) is 0 Å². The van der Waals surface area contributed by atoms with Crippen LogP contribution in [0.2, 0.25) is 0 Å². The molecule has 0 aliphatic rings. The third kappa shape index (κ3) is 3.02.